The van der Waals surface area contributed by atoms with Gasteiger partial charge in [-0.3, -0.25) is 0 Å². The maximum absolute atomic E-state index is 13.3. The smallest absolute Gasteiger partial charge is 0.159 e. The van der Waals surface area contributed by atoms with E-state index in [1.807, 2.05) is 24.4 Å². The maximum atomic E-state index is 13.3. The van der Waals surface area contributed by atoms with Crippen molar-refractivity contribution in [2.75, 3.05) is 0 Å². The molecule has 0 aliphatic heterocycles. The molecule has 4 rings (SSSR count). The summed E-state index contributed by atoms with van der Waals surface area (Å²) in [5.41, 5.74) is 4.36. The highest BCUT2D eigenvalue weighted by atomic mass is 19.1. The Balaban J connectivity index is 1.84. The Morgan fingerprint density at radius 2 is 1.91 bits per heavy atom. The first-order valence-electron chi connectivity index (χ1n) is 7.27. The molecule has 3 heterocycles. The zero-order chi connectivity index (χ0) is 15.1. The van der Waals surface area contributed by atoms with Gasteiger partial charge in [0.15, 0.2) is 5.65 Å². The number of nitrogens with one attached hydrogen (secondary N) is 1. The van der Waals surface area contributed by atoms with E-state index in [-0.39, 0.29) is 5.82 Å². The summed E-state index contributed by atoms with van der Waals surface area (Å²) in [5, 5.41) is 2.00. The molecule has 0 saturated carbocycles. The summed E-state index contributed by atoms with van der Waals surface area (Å²) in [7, 11) is 0. The molecular formula is C18H14FN3. The second-order valence-electron chi connectivity index (χ2n) is 5.35. The largest absolute Gasteiger partial charge is 0.353 e. The molecule has 108 valence electrons. The van der Waals surface area contributed by atoms with E-state index in [0.717, 1.165) is 39.7 Å². The van der Waals surface area contributed by atoms with Gasteiger partial charge in [-0.15, -0.1) is 0 Å². The first-order chi connectivity index (χ1) is 10.7. The van der Waals surface area contributed by atoms with Crippen molar-refractivity contribution < 1.29 is 4.39 Å². The summed E-state index contributed by atoms with van der Waals surface area (Å²) in [6, 6.07) is 12.8. The predicted octanol–water partition coefficient (Wildman–Crippen LogP) is 4.48. The van der Waals surface area contributed by atoms with Crippen molar-refractivity contribution in [2.24, 2.45) is 0 Å². The van der Waals surface area contributed by atoms with E-state index >= 15 is 0 Å². The highest BCUT2D eigenvalue weighted by Gasteiger charge is 2.07. The van der Waals surface area contributed by atoms with Crippen LogP contribution in [0, 0.1) is 5.82 Å². The first-order valence-corrected chi connectivity index (χ1v) is 7.27. The van der Waals surface area contributed by atoms with E-state index in [9.17, 15) is 4.39 Å². The summed E-state index contributed by atoms with van der Waals surface area (Å²) in [6.07, 6.45) is 2.82. The van der Waals surface area contributed by atoms with Crippen molar-refractivity contribution in [2.45, 2.75) is 13.3 Å². The van der Waals surface area contributed by atoms with Crippen LogP contribution in [0.15, 0.2) is 48.7 Å². The van der Waals surface area contributed by atoms with E-state index in [0.29, 0.717) is 0 Å². The van der Waals surface area contributed by atoms with Crippen LogP contribution in [0.3, 0.4) is 0 Å². The minimum Gasteiger partial charge on any atom is -0.353 e. The Kier molecular flexibility index (Phi) is 2.89. The second-order valence-corrected chi connectivity index (χ2v) is 5.35. The molecule has 1 aromatic carbocycles. The fraction of sp³-hybridized carbons (Fsp3) is 0.111. The van der Waals surface area contributed by atoms with Gasteiger partial charge in [0.25, 0.3) is 0 Å². The number of aromatic amines is 1. The first kappa shape index (κ1) is 13.0. The fourth-order valence-corrected chi connectivity index (χ4v) is 2.64. The van der Waals surface area contributed by atoms with Gasteiger partial charge in [0.05, 0.1) is 11.4 Å². The third-order valence-electron chi connectivity index (χ3n) is 3.87. The number of hydrogen-bond donors (Lipinski definition) is 1. The highest BCUT2D eigenvalue weighted by molar-refractivity contribution is 5.86. The molecular weight excluding hydrogens is 277 g/mol. The monoisotopic (exact) mass is 291 g/mol. The number of nitrogens with zero attached hydrogens (tertiary/aromatic N) is 2. The van der Waals surface area contributed by atoms with E-state index < -0.39 is 0 Å². The van der Waals surface area contributed by atoms with E-state index in [1.54, 1.807) is 6.07 Å². The number of aryl methyl sites for hydroxylation is 1. The molecule has 0 amide bonds. The molecule has 1 N–H and O–H groups in total. The van der Waals surface area contributed by atoms with Crippen molar-refractivity contribution >= 4 is 21.9 Å². The molecule has 0 radical (unpaired) electrons. The average molecular weight is 291 g/mol. The number of fused-ring (bicyclic) bond motifs is 2. The van der Waals surface area contributed by atoms with Gasteiger partial charge in [0.2, 0.25) is 0 Å². The minimum absolute atomic E-state index is 0.249. The van der Waals surface area contributed by atoms with Crippen LogP contribution in [0.25, 0.3) is 33.3 Å². The van der Waals surface area contributed by atoms with Crippen molar-refractivity contribution in [1.82, 2.24) is 15.0 Å². The SMILES string of the molecule is CCc1cnc2nc(-c3cc4ccc(F)cc4[nH]3)ccc2c1. The van der Waals surface area contributed by atoms with Gasteiger partial charge in [-0.2, -0.15) is 0 Å². The van der Waals surface area contributed by atoms with Gasteiger partial charge in [0.1, 0.15) is 5.82 Å². The molecule has 0 fully saturated rings. The molecule has 0 aliphatic rings. The number of benzene rings is 1. The van der Waals surface area contributed by atoms with Crippen LogP contribution in [0.5, 0.6) is 0 Å². The highest BCUT2D eigenvalue weighted by Crippen LogP contribution is 2.25. The fourth-order valence-electron chi connectivity index (χ4n) is 2.64. The standard InChI is InChI=1S/C18H14FN3/c1-2-11-7-13-4-6-15(22-18(13)20-10-11)17-8-12-3-5-14(19)9-16(12)21-17/h3-10,21H,2H2,1H3. The quantitative estimate of drug-likeness (QED) is 0.591. The number of rotatable bonds is 2. The molecule has 0 spiro atoms. The van der Waals surface area contributed by atoms with Crippen molar-refractivity contribution in [3.05, 3.63) is 60.0 Å². The minimum atomic E-state index is -0.249. The van der Waals surface area contributed by atoms with Gasteiger partial charge in [0, 0.05) is 22.5 Å². The number of pyridine rings is 2. The molecule has 4 heteroatoms. The van der Waals surface area contributed by atoms with Crippen LogP contribution in [-0.4, -0.2) is 15.0 Å². The molecule has 0 bridgehead atoms. The molecule has 0 atom stereocenters. The maximum Gasteiger partial charge on any atom is 0.159 e. The predicted molar refractivity (Wildman–Crippen MR) is 86.2 cm³/mol. The summed E-state index contributed by atoms with van der Waals surface area (Å²) in [5.74, 6) is -0.249. The lowest BCUT2D eigenvalue weighted by atomic mass is 10.1. The third-order valence-corrected chi connectivity index (χ3v) is 3.87. The Morgan fingerprint density at radius 1 is 1.05 bits per heavy atom. The zero-order valence-corrected chi connectivity index (χ0v) is 12.1. The van der Waals surface area contributed by atoms with Gasteiger partial charge in [-0.05, 0) is 54.4 Å². The number of halogens is 1. The third kappa shape index (κ3) is 2.13. The van der Waals surface area contributed by atoms with Crippen molar-refractivity contribution in [1.29, 1.82) is 0 Å². The summed E-state index contributed by atoms with van der Waals surface area (Å²) >= 11 is 0. The zero-order valence-electron chi connectivity index (χ0n) is 12.1. The number of H-pyrrole nitrogens is 1. The normalized spacial score (nSPS) is 11.4. The molecule has 22 heavy (non-hydrogen) atoms. The van der Waals surface area contributed by atoms with Gasteiger partial charge >= 0.3 is 0 Å². The van der Waals surface area contributed by atoms with E-state index in [1.165, 1.54) is 17.7 Å². The molecule has 0 aliphatic carbocycles. The van der Waals surface area contributed by atoms with Gasteiger partial charge in [-0.1, -0.05) is 6.92 Å². The topological polar surface area (TPSA) is 41.6 Å². The number of aromatic nitrogens is 3. The Hall–Kier alpha value is -2.75. The van der Waals surface area contributed by atoms with Gasteiger partial charge in [-0.25, -0.2) is 14.4 Å². The molecule has 0 saturated heterocycles. The molecule has 3 aromatic heterocycles. The van der Waals surface area contributed by atoms with E-state index in [2.05, 4.69) is 27.9 Å². The van der Waals surface area contributed by atoms with Crippen LogP contribution >= 0.6 is 0 Å². The Bertz CT molecular complexity index is 988. The summed E-state index contributed by atoms with van der Waals surface area (Å²) in [4.78, 5) is 12.2. The Morgan fingerprint density at radius 3 is 2.77 bits per heavy atom. The molecule has 0 unspecified atom stereocenters. The van der Waals surface area contributed by atoms with Crippen molar-refractivity contribution in [3.8, 4) is 11.4 Å². The second kappa shape index (κ2) is 4.91. The number of hydrogen-bond acceptors (Lipinski definition) is 2. The summed E-state index contributed by atoms with van der Waals surface area (Å²) < 4.78 is 13.3. The van der Waals surface area contributed by atoms with Gasteiger partial charge < -0.3 is 4.98 Å². The van der Waals surface area contributed by atoms with Crippen LogP contribution < -0.4 is 0 Å². The summed E-state index contributed by atoms with van der Waals surface area (Å²) in [6.45, 7) is 2.11. The lowest BCUT2D eigenvalue weighted by Crippen LogP contribution is -1.90. The van der Waals surface area contributed by atoms with Crippen LogP contribution in [0.1, 0.15) is 12.5 Å². The van der Waals surface area contributed by atoms with Crippen LogP contribution in [0.2, 0.25) is 0 Å². The van der Waals surface area contributed by atoms with Crippen molar-refractivity contribution in [3.63, 3.8) is 0 Å². The average Bonchev–Trinajstić information content (AvgIpc) is 2.96. The van der Waals surface area contributed by atoms with Crippen LogP contribution in [-0.2, 0) is 6.42 Å². The molecule has 3 nitrogen and oxygen atoms in total. The lowest BCUT2D eigenvalue weighted by molar-refractivity contribution is 0.629. The Labute approximate surface area is 126 Å². The van der Waals surface area contributed by atoms with Crippen LogP contribution in [0.4, 0.5) is 4.39 Å². The molecule has 4 aromatic rings. The van der Waals surface area contributed by atoms with E-state index in [4.69, 9.17) is 0 Å². The lowest BCUT2D eigenvalue weighted by Gasteiger charge is -2.02.